The lowest BCUT2D eigenvalue weighted by molar-refractivity contribution is 0.0772. The summed E-state index contributed by atoms with van der Waals surface area (Å²) in [5, 5.41) is 0. The lowest BCUT2D eigenvalue weighted by Crippen LogP contribution is -2.48. The number of hydrogen-bond acceptors (Lipinski definition) is 3. The molecule has 2 rings (SSSR count). The summed E-state index contributed by atoms with van der Waals surface area (Å²) in [6.07, 6.45) is 0.610. The SMILES string of the molecule is C[C@@H]1CN(C(=O)OCc2ccccc2)CC[C@H]1N. The third-order valence-corrected chi connectivity index (χ3v) is 3.43. The minimum absolute atomic E-state index is 0.197. The number of benzene rings is 1. The predicted octanol–water partition coefficient (Wildman–Crippen LogP) is 1.99. The average Bonchev–Trinajstić information content (AvgIpc) is 2.40. The zero-order valence-electron chi connectivity index (χ0n) is 10.7. The molecule has 4 nitrogen and oxygen atoms in total. The van der Waals surface area contributed by atoms with Gasteiger partial charge in [0, 0.05) is 19.1 Å². The molecule has 4 heteroatoms. The van der Waals surface area contributed by atoms with Gasteiger partial charge in [0.15, 0.2) is 0 Å². The number of rotatable bonds is 2. The van der Waals surface area contributed by atoms with Gasteiger partial charge in [-0.2, -0.15) is 0 Å². The van der Waals surface area contributed by atoms with Crippen molar-refractivity contribution in [1.82, 2.24) is 4.90 Å². The van der Waals surface area contributed by atoms with E-state index >= 15 is 0 Å². The van der Waals surface area contributed by atoms with Crippen LogP contribution in [0.3, 0.4) is 0 Å². The molecule has 1 heterocycles. The molecule has 2 N–H and O–H groups in total. The summed E-state index contributed by atoms with van der Waals surface area (Å²) < 4.78 is 5.30. The summed E-state index contributed by atoms with van der Waals surface area (Å²) in [5.74, 6) is 0.336. The molecule has 0 bridgehead atoms. The molecular formula is C14H20N2O2. The second kappa shape index (κ2) is 5.87. The Labute approximate surface area is 108 Å². The maximum absolute atomic E-state index is 11.9. The highest BCUT2D eigenvalue weighted by molar-refractivity contribution is 5.67. The van der Waals surface area contributed by atoms with Crippen LogP contribution in [0.5, 0.6) is 0 Å². The summed E-state index contributed by atoms with van der Waals surface area (Å²) in [4.78, 5) is 13.6. The van der Waals surface area contributed by atoms with Crippen LogP contribution in [-0.2, 0) is 11.3 Å². The number of carbonyl (C=O) groups is 1. The van der Waals surface area contributed by atoms with Crippen molar-refractivity contribution in [2.75, 3.05) is 13.1 Å². The lowest BCUT2D eigenvalue weighted by atomic mass is 9.95. The van der Waals surface area contributed by atoms with Crippen molar-refractivity contribution in [3.63, 3.8) is 0 Å². The first-order chi connectivity index (χ1) is 8.66. The van der Waals surface area contributed by atoms with E-state index in [1.807, 2.05) is 30.3 Å². The molecule has 1 fully saturated rings. The van der Waals surface area contributed by atoms with Crippen LogP contribution in [0.15, 0.2) is 30.3 Å². The Bertz CT molecular complexity index is 394. The summed E-state index contributed by atoms with van der Waals surface area (Å²) in [6.45, 7) is 3.78. The Morgan fingerprint density at radius 2 is 2.17 bits per heavy atom. The van der Waals surface area contributed by atoms with E-state index in [0.29, 0.717) is 25.6 Å². The molecular weight excluding hydrogens is 228 g/mol. The van der Waals surface area contributed by atoms with Gasteiger partial charge in [-0.15, -0.1) is 0 Å². The highest BCUT2D eigenvalue weighted by Crippen LogP contribution is 2.16. The van der Waals surface area contributed by atoms with Crippen LogP contribution < -0.4 is 5.73 Å². The maximum atomic E-state index is 11.9. The highest BCUT2D eigenvalue weighted by Gasteiger charge is 2.26. The van der Waals surface area contributed by atoms with Crippen molar-refractivity contribution in [3.05, 3.63) is 35.9 Å². The number of nitrogens with two attached hydrogens (primary N) is 1. The molecule has 0 aromatic heterocycles. The highest BCUT2D eigenvalue weighted by atomic mass is 16.6. The normalized spacial score (nSPS) is 23.8. The monoisotopic (exact) mass is 248 g/mol. The fourth-order valence-corrected chi connectivity index (χ4v) is 2.14. The zero-order valence-corrected chi connectivity index (χ0v) is 10.7. The zero-order chi connectivity index (χ0) is 13.0. The van der Waals surface area contributed by atoms with Crippen LogP contribution >= 0.6 is 0 Å². The summed E-state index contributed by atoms with van der Waals surface area (Å²) in [6, 6.07) is 9.91. The van der Waals surface area contributed by atoms with Crippen LogP contribution in [0.4, 0.5) is 4.79 Å². The molecule has 0 radical (unpaired) electrons. The Morgan fingerprint density at radius 1 is 1.44 bits per heavy atom. The van der Waals surface area contributed by atoms with Crippen LogP contribution in [0.1, 0.15) is 18.9 Å². The van der Waals surface area contributed by atoms with Crippen LogP contribution in [-0.4, -0.2) is 30.1 Å². The lowest BCUT2D eigenvalue weighted by Gasteiger charge is -2.34. The molecule has 18 heavy (non-hydrogen) atoms. The molecule has 1 aromatic rings. The molecule has 2 atom stereocenters. The first-order valence-electron chi connectivity index (χ1n) is 6.38. The Hall–Kier alpha value is -1.55. The minimum Gasteiger partial charge on any atom is -0.445 e. The first kappa shape index (κ1) is 12.9. The number of piperidine rings is 1. The number of amides is 1. The van der Waals surface area contributed by atoms with Gasteiger partial charge in [-0.05, 0) is 17.9 Å². The van der Waals surface area contributed by atoms with Gasteiger partial charge < -0.3 is 15.4 Å². The number of carbonyl (C=O) groups excluding carboxylic acids is 1. The fraction of sp³-hybridized carbons (Fsp3) is 0.500. The van der Waals surface area contributed by atoms with Crippen LogP contribution in [0.25, 0.3) is 0 Å². The number of ether oxygens (including phenoxy) is 1. The van der Waals surface area contributed by atoms with Gasteiger partial charge in [-0.3, -0.25) is 0 Å². The van der Waals surface area contributed by atoms with Gasteiger partial charge in [0.2, 0.25) is 0 Å². The number of hydrogen-bond donors (Lipinski definition) is 1. The van der Waals surface area contributed by atoms with Crippen molar-refractivity contribution < 1.29 is 9.53 Å². The molecule has 0 saturated carbocycles. The number of likely N-dealkylation sites (tertiary alicyclic amines) is 1. The van der Waals surface area contributed by atoms with E-state index in [9.17, 15) is 4.79 Å². The fourth-order valence-electron chi connectivity index (χ4n) is 2.14. The molecule has 1 amide bonds. The minimum atomic E-state index is -0.238. The van der Waals surface area contributed by atoms with E-state index in [2.05, 4.69) is 6.92 Å². The van der Waals surface area contributed by atoms with E-state index in [1.54, 1.807) is 4.90 Å². The average molecular weight is 248 g/mol. The quantitative estimate of drug-likeness (QED) is 0.870. The summed E-state index contributed by atoms with van der Waals surface area (Å²) >= 11 is 0. The standard InChI is InChI=1S/C14H20N2O2/c1-11-9-16(8-7-13(11)15)14(17)18-10-12-5-3-2-4-6-12/h2-6,11,13H,7-10,15H2,1H3/t11-,13-/m1/s1. The van der Waals surface area contributed by atoms with Gasteiger partial charge in [0.25, 0.3) is 0 Å². The van der Waals surface area contributed by atoms with E-state index in [1.165, 1.54) is 0 Å². The van der Waals surface area contributed by atoms with E-state index < -0.39 is 0 Å². The third kappa shape index (κ3) is 3.23. The first-order valence-corrected chi connectivity index (χ1v) is 6.38. The maximum Gasteiger partial charge on any atom is 0.410 e. The Balaban J connectivity index is 1.82. The second-order valence-corrected chi connectivity index (χ2v) is 4.92. The Morgan fingerprint density at radius 3 is 2.83 bits per heavy atom. The summed E-state index contributed by atoms with van der Waals surface area (Å²) in [5.41, 5.74) is 6.93. The van der Waals surface area contributed by atoms with Crippen molar-refractivity contribution in [2.45, 2.75) is 26.0 Å². The molecule has 1 aliphatic rings. The number of nitrogens with zero attached hydrogens (tertiary/aromatic N) is 1. The van der Waals surface area contributed by atoms with Crippen molar-refractivity contribution in [2.24, 2.45) is 11.7 Å². The van der Waals surface area contributed by atoms with Crippen molar-refractivity contribution in [1.29, 1.82) is 0 Å². The largest absolute Gasteiger partial charge is 0.445 e. The van der Waals surface area contributed by atoms with Crippen LogP contribution in [0.2, 0.25) is 0 Å². The van der Waals surface area contributed by atoms with Gasteiger partial charge in [0.05, 0.1) is 0 Å². The second-order valence-electron chi connectivity index (χ2n) is 4.92. The summed E-state index contributed by atoms with van der Waals surface area (Å²) in [7, 11) is 0. The van der Waals surface area contributed by atoms with Crippen molar-refractivity contribution in [3.8, 4) is 0 Å². The van der Waals surface area contributed by atoms with Crippen molar-refractivity contribution >= 4 is 6.09 Å². The third-order valence-electron chi connectivity index (χ3n) is 3.43. The predicted molar refractivity (Wildman–Crippen MR) is 70.0 cm³/mol. The van der Waals surface area contributed by atoms with Crippen LogP contribution in [0, 0.1) is 5.92 Å². The molecule has 0 unspecified atom stereocenters. The molecule has 98 valence electrons. The van der Waals surface area contributed by atoms with Gasteiger partial charge in [0.1, 0.15) is 6.61 Å². The molecule has 1 aromatic carbocycles. The van der Waals surface area contributed by atoms with Gasteiger partial charge in [-0.1, -0.05) is 37.3 Å². The molecule has 0 spiro atoms. The smallest absolute Gasteiger partial charge is 0.410 e. The van der Waals surface area contributed by atoms with Gasteiger partial charge in [-0.25, -0.2) is 4.79 Å². The Kier molecular flexibility index (Phi) is 4.20. The van der Waals surface area contributed by atoms with E-state index in [-0.39, 0.29) is 12.1 Å². The molecule has 1 saturated heterocycles. The topological polar surface area (TPSA) is 55.6 Å². The molecule has 0 aliphatic carbocycles. The van der Waals surface area contributed by atoms with Gasteiger partial charge >= 0.3 is 6.09 Å². The van der Waals surface area contributed by atoms with E-state index in [4.69, 9.17) is 10.5 Å². The molecule has 1 aliphatic heterocycles. The van der Waals surface area contributed by atoms with E-state index in [0.717, 1.165) is 12.0 Å².